The van der Waals surface area contributed by atoms with Crippen molar-refractivity contribution in [2.75, 3.05) is 0 Å². The minimum absolute atomic E-state index is 0.0666. The largest absolute Gasteiger partial charge is 0.510 e. The molecule has 0 aliphatic carbocycles. The Morgan fingerprint density at radius 1 is 1.26 bits per heavy atom. The molecule has 3 heterocycles. The molecule has 8 nitrogen and oxygen atoms in total. The van der Waals surface area contributed by atoms with Gasteiger partial charge in [0.2, 0.25) is 0 Å². The lowest BCUT2D eigenvalue weighted by atomic mass is 10.2. The van der Waals surface area contributed by atoms with Crippen molar-refractivity contribution < 1.29 is 13.9 Å². The Morgan fingerprint density at radius 3 is 2.85 bits per heavy atom. The second-order valence-corrected chi connectivity index (χ2v) is 6.88. The van der Waals surface area contributed by atoms with Gasteiger partial charge in [-0.15, -0.1) is 10.2 Å². The number of aromatic nitrogens is 4. The number of imidazole rings is 1. The SMILES string of the molecule is C[C@H](Sc1nnc(-c2ccco2)o1)/C(O)=C(\C#N)c1nc2ccccc2[nH]1. The minimum atomic E-state index is -0.502. The van der Waals surface area contributed by atoms with E-state index in [9.17, 15) is 10.4 Å². The molecule has 0 saturated carbocycles. The lowest BCUT2D eigenvalue weighted by Gasteiger charge is -2.08. The van der Waals surface area contributed by atoms with Crippen LogP contribution in [0.15, 0.2) is 62.5 Å². The number of thioether (sulfide) groups is 1. The summed E-state index contributed by atoms with van der Waals surface area (Å²) in [5, 5.41) is 27.7. The molecule has 2 N–H and O–H groups in total. The molecule has 0 unspecified atom stereocenters. The van der Waals surface area contributed by atoms with Crippen LogP contribution in [0.3, 0.4) is 0 Å². The molecule has 0 radical (unpaired) electrons. The smallest absolute Gasteiger partial charge is 0.284 e. The highest BCUT2D eigenvalue weighted by atomic mass is 32.2. The normalized spacial score (nSPS) is 13.3. The number of fused-ring (bicyclic) bond motifs is 1. The molecule has 4 aromatic rings. The van der Waals surface area contributed by atoms with Gasteiger partial charge in [-0.25, -0.2) is 4.98 Å². The summed E-state index contributed by atoms with van der Waals surface area (Å²) in [6.45, 7) is 1.73. The molecule has 0 amide bonds. The van der Waals surface area contributed by atoms with Gasteiger partial charge < -0.3 is 18.9 Å². The number of nitriles is 1. The number of aromatic amines is 1. The summed E-state index contributed by atoms with van der Waals surface area (Å²) in [6, 6.07) is 12.8. The van der Waals surface area contributed by atoms with Gasteiger partial charge in [-0.1, -0.05) is 23.9 Å². The second-order valence-electron chi connectivity index (χ2n) is 5.59. The zero-order valence-electron chi connectivity index (χ0n) is 14.1. The number of aliphatic hydroxyl groups excluding tert-OH is 1. The number of benzene rings is 1. The molecule has 0 fully saturated rings. The average molecular weight is 379 g/mol. The molecule has 1 atom stereocenters. The van der Waals surface area contributed by atoms with Crippen LogP contribution in [0, 0.1) is 11.3 Å². The summed E-state index contributed by atoms with van der Waals surface area (Å²) in [5.41, 5.74) is 1.57. The van der Waals surface area contributed by atoms with Crippen LogP contribution < -0.4 is 0 Å². The van der Waals surface area contributed by atoms with Crippen LogP contribution in [0.4, 0.5) is 0 Å². The molecule has 1 aromatic carbocycles. The molecule has 3 aromatic heterocycles. The molecular weight excluding hydrogens is 366 g/mol. The Hall–Kier alpha value is -3.51. The van der Waals surface area contributed by atoms with Crippen molar-refractivity contribution in [2.24, 2.45) is 0 Å². The number of allylic oxidation sites excluding steroid dienone is 1. The molecular formula is C18H13N5O3S. The minimum Gasteiger partial charge on any atom is -0.510 e. The predicted octanol–water partition coefficient (Wildman–Crippen LogP) is 4.18. The van der Waals surface area contributed by atoms with Crippen molar-refractivity contribution >= 4 is 28.4 Å². The van der Waals surface area contributed by atoms with Gasteiger partial charge in [0.25, 0.3) is 11.1 Å². The Bertz CT molecular complexity index is 1120. The molecule has 27 heavy (non-hydrogen) atoms. The lowest BCUT2D eigenvalue weighted by molar-refractivity contribution is 0.399. The fourth-order valence-electron chi connectivity index (χ4n) is 2.47. The standard InChI is InChI=1S/C18H13N5O3S/c1-10(27-18-23-22-17(26-18)14-7-4-8-25-14)15(24)11(9-19)16-20-12-5-2-3-6-13(12)21-16/h2-8,10,24H,1H3,(H,20,21)/b15-11-/t10-/m0/s1. The van der Waals surface area contributed by atoms with Gasteiger partial charge >= 0.3 is 0 Å². The number of H-pyrrole nitrogens is 1. The highest BCUT2D eigenvalue weighted by Gasteiger charge is 2.22. The number of nitrogens with one attached hydrogen (secondary N) is 1. The summed E-state index contributed by atoms with van der Waals surface area (Å²) >= 11 is 1.13. The lowest BCUT2D eigenvalue weighted by Crippen LogP contribution is -2.04. The van der Waals surface area contributed by atoms with Crippen LogP contribution in [0.5, 0.6) is 0 Å². The number of hydrogen-bond donors (Lipinski definition) is 2. The maximum atomic E-state index is 10.6. The van der Waals surface area contributed by atoms with Crippen LogP contribution in [0.2, 0.25) is 0 Å². The first-order valence-electron chi connectivity index (χ1n) is 7.98. The monoisotopic (exact) mass is 379 g/mol. The number of para-hydroxylation sites is 2. The van der Waals surface area contributed by atoms with Crippen LogP contribution in [0.25, 0.3) is 28.3 Å². The summed E-state index contributed by atoms with van der Waals surface area (Å²) in [7, 11) is 0. The summed E-state index contributed by atoms with van der Waals surface area (Å²) < 4.78 is 10.7. The Labute approximate surface area is 157 Å². The molecule has 0 bridgehead atoms. The van der Waals surface area contributed by atoms with Crippen LogP contribution in [-0.4, -0.2) is 30.5 Å². The van der Waals surface area contributed by atoms with Crippen LogP contribution >= 0.6 is 11.8 Å². The summed E-state index contributed by atoms with van der Waals surface area (Å²) in [4.78, 5) is 7.41. The first-order valence-corrected chi connectivity index (χ1v) is 8.86. The van der Waals surface area contributed by atoms with Gasteiger partial charge in [-0.2, -0.15) is 5.26 Å². The molecule has 0 spiro atoms. The zero-order valence-corrected chi connectivity index (χ0v) is 14.9. The highest BCUT2D eigenvalue weighted by molar-refractivity contribution is 7.99. The van der Waals surface area contributed by atoms with Crippen molar-refractivity contribution in [1.29, 1.82) is 5.26 Å². The molecule has 0 aliphatic rings. The third-order valence-corrected chi connectivity index (χ3v) is 4.74. The molecule has 0 saturated heterocycles. The van der Waals surface area contributed by atoms with Gasteiger partial charge in [-0.3, -0.25) is 0 Å². The maximum absolute atomic E-state index is 10.6. The molecule has 0 aliphatic heterocycles. The fourth-order valence-corrected chi connectivity index (χ4v) is 3.22. The summed E-state index contributed by atoms with van der Waals surface area (Å²) in [5.74, 6) is 0.891. The fraction of sp³-hybridized carbons (Fsp3) is 0.111. The number of rotatable bonds is 5. The van der Waals surface area contributed by atoms with Crippen LogP contribution in [-0.2, 0) is 0 Å². The van der Waals surface area contributed by atoms with E-state index in [1.54, 1.807) is 19.1 Å². The number of furan rings is 1. The van der Waals surface area contributed by atoms with Gasteiger partial charge in [0.15, 0.2) is 11.6 Å². The molecule has 4 rings (SSSR count). The van der Waals surface area contributed by atoms with E-state index in [0.29, 0.717) is 17.1 Å². The van der Waals surface area contributed by atoms with Gasteiger partial charge in [-0.05, 0) is 31.2 Å². The predicted molar refractivity (Wildman–Crippen MR) is 98.6 cm³/mol. The highest BCUT2D eigenvalue weighted by Crippen LogP contribution is 2.31. The van der Waals surface area contributed by atoms with Crippen molar-refractivity contribution in [1.82, 2.24) is 20.2 Å². The van der Waals surface area contributed by atoms with E-state index in [4.69, 9.17) is 8.83 Å². The number of aliphatic hydroxyl groups is 1. The Morgan fingerprint density at radius 2 is 2.11 bits per heavy atom. The Balaban J connectivity index is 1.59. The average Bonchev–Trinajstić information content (AvgIpc) is 3.42. The van der Waals surface area contributed by atoms with E-state index in [2.05, 4.69) is 20.2 Å². The van der Waals surface area contributed by atoms with Crippen molar-refractivity contribution in [2.45, 2.75) is 17.4 Å². The van der Waals surface area contributed by atoms with Gasteiger partial charge in [0.05, 0.1) is 22.5 Å². The quantitative estimate of drug-likeness (QED) is 0.300. The number of nitrogens with zero attached hydrogens (tertiary/aromatic N) is 4. The van der Waals surface area contributed by atoms with Crippen molar-refractivity contribution in [3.8, 4) is 17.7 Å². The number of hydrogen-bond acceptors (Lipinski definition) is 8. The topological polar surface area (TPSA) is 125 Å². The second kappa shape index (κ2) is 7.01. The first-order chi connectivity index (χ1) is 13.2. The van der Waals surface area contributed by atoms with E-state index in [1.807, 2.05) is 30.3 Å². The van der Waals surface area contributed by atoms with E-state index >= 15 is 0 Å². The van der Waals surface area contributed by atoms with Gasteiger partial charge in [0.1, 0.15) is 17.4 Å². The third-order valence-electron chi connectivity index (χ3n) is 3.80. The van der Waals surface area contributed by atoms with Crippen molar-refractivity contribution in [3.63, 3.8) is 0 Å². The first kappa shape index (κ1) is 16.9. The zero-order chi connectivity index (χ0) is 18.8. The van der Waals surface area contributed by atoms with Crippen LogP contribution in [0.1, 0.15) is 12.7 Å². The van der Waals surface area contributed by atoms with E-state index in [-0.39, 0.29) is 22.4 Å². The molecule has 9 heteroatoms. The maximum Gasteiger partial charge on any atom is 0.284 e. The van der Waals surface area contributed by atoms with E-state index < -0.39 is 5.25 Å². The Kier molecular flexibility index (Phi) is 4.40. The molecule has 134 valence electrons. The summed E-state index contributed by atoms with van der Waals surface area (Å²) in [6.07, 6.45) is 1.51. The van der Waals surface area contributed by atoms with Crippen molar-refractivity contribution in [3.05, 3.63) is 54.2 Å². The van der Waals surface area contributed by atoms with E-state index in [1.165, 1.54) is 6.26 Å². The van der Waals surface area contributed by atoms with E-state index in [0.717, 1.165) is 17.3 Å². The van der Waals surface area contributed by atoms with Gasteiger partial charge in [0, 0.05) is 0 Å². The third kappa shape index (κ3) is 3.30.